The van der Waals surface area contributed by atoms with Gasteiger partial charge in [-0.2, -0.15) is 0 Å². The smallest absolute Gasteiger partial charge is 0.0811 e. The van der Waals surface area contributed by atoms with Crippen LogP contribution in [-0.4, -0.2) is 22.4 Å². The normalized spacial score (nSPS) is 37.8. The van der Waals surface area contributed by atoms with Gasteiger partial charge >= 0.3 is 0 Å². The van der Waals surface area contributed by atoms with E-state index in [1.165, 1.54) is 51.4 Å². The molecule has 3 rings (SSSR count). The molecule has 0 heterocycles. The first-order valence-corrected chi connectivity index (χ1v) is 12.8. The lowest BCUT2D eigenvalue weighted by Crippen LogP contribution is -2.35. The van der Waals surface area contributed by atoms with Crippen LogP contribution >= 0.6 is 0 Å². The van der Waals surface area contributed by atoms with Crippen molar-refractivity contribution in [2.45, 2.75) is 104 Å². The van der Waals surface area contributed by atoms with Crippen molar-refractivity contribution >= 4 is 0 Å². The fourth-order valence-electron chi connectivity index (χ4n) is 6.70. The third kappa shape index (κ3) is 5.82. The van der Waals surface area contributed by atoms with Gasteiger partial charge in [0.15, 0.2) is 0 Å². The molecular formula is C29H46O2. The molecule has 3 aliphatic rings. The van der Waals surface area contributed by atoms with Crippen LogP contribution in [0.2, 0.25) is 0 Å². The van der Waals surface area contributed by atoms with Gasteiger partial charge in [0, 0.05) is 6.42 Å². The summed E-state index contributed by atoms with van der Waals surface area (Å²) in [7, 11) is 0. The van der Waals surface area contributed by atoms with Crippen LogP contribution in [0.1, 0.15) is 91.9 Å². The number of allylic oxidation sites excluding steroid dienone is 5. The number of aliphatic hydroxyl groups is 2. The van der Waals surface area contributed by atoms with E-state index in [0.717, 1.165) is 23.0 Å². The van der Waals surface area contributed by atoms with Crippen molar-refractivity contribution in [1.29, 1.82) is 0 Å². The lowest BCUT2D eigenvalue weighted by Gasteiger charge is -2.44. The average Bonchev–Trinajstić information content (AvgIpc) is 3.06. The van der Waals surface area contributed by atoms with E-state index in [4.69, 9.17) is 0 Å². The van der Waals surface area contributed by atoms with E-state index < -0.39 is 12.2 Å². The molecule has 0 radical (unpaired) electrons. The first-order valence-electron chi connectivity index (χ1n) is 12.8. The standard InChI is InChI=1S/C29H46O2/c1-20(2)10-7-6-8-11-21(3)26-15-16-27-23(12-9-17-29(26,27)5)13-14-24-18-25(30)19-28(31)22(24)4/h8,11,13-14,20-21,25-28,30-31H,4,6-7,9-10,12,15-19H2,1-3,5H3/b11-8+,23-13+,24-14-/t21-,25?,26-,27+,28?,29-/m1/s1. The van der Waals surface area contributed by atoms with Crippen LogP contribution < -0.4 is 0 Å². The van der Waals surface area contributed by atoms with Crippen LogP contribution in [0.25, 0.3) is 0 Å². The Morgan fingerprint density at radius 2 is 1.94 bits per heavy atom. The molecule has 2 unspecified atom stereocenters. The van der Waals surface area contributed by atoms with E-state index in [0.29, 0.717) is 30.1 Å². The summed E-state index contributed by atoms with van der Waals surface area (Å²) in [6.45, 7) is 13.7. The van der Waals surface area contributed by atoms with Crippen molar-refractivity contribution in [2.24, 2.45) is 29.1 Å². The molecule has 2 heteroatoms. The predicted molar refractivity (Wildman–Crippen MR) is 132 cm³/mol. The van der Waals surface area contributed by atoms with Crippen molar-refractivity contribution in [3.8, 4) is 0 Å². The van der Waals surface area contributed by atoms with Crippen LogP contribution in [0, 0.1) is 29.1 Å². The molecule has 3 aliphatic carbocycles. The highest BCUT2D eigenvalue weighted by Gasteiger charge is 2.50. The summed E-state index contributed by atoms with van der Waals surface area (Å²) in [5.41, 5.74) is 3.80. The number of fused-ring (bicyclic) bond motifs is 1. The minimum absolute atomic E-state index is 0.396. The molecule has 0 aromatic heterocycles. The number of aliphatic hydroxyl groups excluding tert-OH is 2. The highest BCUT2D eigenvalue weighted by molar-refractivity contribution is 5.38. The molecule has 0 aliphatic heterocycles. The molecule has 0 bridgehead atoms. The van der Waals surface area contributed by atoms with Gasteiger partial charge in [-0.1, -0.05) is 70.6 Å². The Balaban J connectivity index is 1.68. The fourth-order valence-corrected chi connectivity index (χ4v) is 6.70. The predicted octanol–water partition coefficient (Wildman–Crippen LogP) is 7.15. The van der Waals surface area contributed by atoms with Crippen molar-refractivity contribution < 1.29 is 10.2 Å². The van der Waals surface area contributed by atoms with Gasteiger partial charge in [0.1, 0.15) is 0 Å². The zero-order valence-corrected chi connectivity index (χ0v) is 20.4. The lowest BCUT2D eigenvalue weighted by molar-refractivity contribution is 0.0862. The summed E-state index contributed by atoms with van der Waals surface area (Å²) in [4.78, 5) is 0. The largest absolute Gasteiger partial charge is 0.393 e. The Morgan fingerprint density at radius 3 is 2.68 bits per heavy atom. The van der Waals surface area contributed by atoms with Gasteiger partial charge in [0.25, 0.3) is 0 Å². The maximum Gasteiger partial charge on any atom is 0.0811 e. The highest BCUT2D eigenvalue weighted by Crippen LogP contribution is 2.59. The minimum Gasteiger partial charge on any atom is -0.393 e. The number of hydrogen-bond donors (Lipinski definition) is 2. The third-order valence-electron chi connectivity index (χ3n) is 8.53. The van der Waals surface area contributed by atoms with E-state index in [1.54, 1.807) is 5.57 Å². The Labute approximate surface area is 191 Å². The average molecular weight is 427 g/mol. The van der Waals surface area contributed by atoms with Gasteiger partial charge in [-0.3, -0.25) is 0 Å². The summed E-state index contributed by atoms with van der Waals surface area (Å²) in [6, 6.07) is 0. The molecule has 6 atom stereocenters. The van der Waals surface area contributed by atoms with Gasteiger partial charge in [-0.15, -0.1) is 0 Å². The van der Waals surface area contributed by atoms with Crippen molar-refractivity contribution in [3.63, 3.8) is 0 Å². The van der Waals surface area contributed by atoms with Crippen LogP contribution in [0.5, 0.6) is 0 Å². The van der Waals surface area contributed by atoms with Crippen LogP contribution in [0.3, 0.4) is 0 Å². The van der Waals surface area contributed by atoms with Gasteiger partial charge in [-0.25, -0.2) is 0 Å². The third-order valence-corrected chi connectivity index (χ3v) is 8.53. The molecule has 174 valence electrons. The van der Waals surface area contributed by atoms with E-state index >= 15 is 0 Å². The second-order valence-electron chi connectivity index (χ2n) is 11.3. The van der Waals surface area contributed by atoms with Gasteiger partial charge in [-0.05, 0) is 91.6 Å². The molecule has 2 N–H and O–H groups in total. The molecule has 0 saturated heterocycles. The first kappa shape index (κ1) is 24.5. The fraction of sp³-hybridized carbons (Fsp3) is 0.724. The molecular weight excluding hydrogens is 380 g/mol. The summed E-state index contributed by atoms with van der Waals surface area (Å²) in [5.74, 6) is 2.89. The number of rotatable bonds is 7. The molecule has 0 aromatic carbocycles. The monoisotopic (exact) mass is 426 g/mol. The molecule has 0 amide bonds. The van der Waals surface area contributed by atoms with E-state index in [2.05, 4.69) is 58.6 Å². The van der Waals surface area contributed by atoms with E-state index in [9.17, 15) is 10.2 Å². The Morgan fingerprint density at radius 1 is 1.16 bits per heavy atom. The van der Waals surface area contributed by atoms with E-state index in [-0.39, 0.29) is 0 Å². The second-order valence-corrected chi connectivity index (χ2v) is 11.3. The SMILES string of the molecule is C=C1/C(=C\C=C2/CCC[C@]3(C)[C@@H]([C@H](C)/C=C/CCCC(C)C)CC[C@@H]23)CC(O)CC1O. The molecule has 0 spiro atoms. The molecule has 3 fully saturated rings. The summed E-state index contributed by atoms with van der Waals surface area (Å²) in [5, 5.41) is 20.2. The van der Waals surface area contributed by atoms with Crippen molar-refractivity contribution in [2.75, 3.05) is 0 Å². The van der Waals surface area contributed by atoms with Gasteiger partial charge in [0.05, 0.1) is 12.2 Å². The van der Waals surface area contributed by atoms with Crippen LogP contribution in [0.4, 0.5) is 0 Å². The summed E-state index contributed by atoms with van der Waals surface area (Å²) < 4.78 is 0. The quantitative estimate of drug-likeness (QED) is 0.335. The summed E-state index contributed by atoms with van der Waals surface area (Å²) >= 11 is 0. The number of hydrogen-bond acceptors (Lipinski definition) is 2. The molecule has 2 nitrogen and oxygen atoms in total. The van der Waals surface area contributed by atoms with E-state index in [1.807, 2.05) is 0 Å². The Hall–Kier alpha value is -1.12. The number of unbranched alkanes of at least 4 members (excludes halogenated alkanes) is 1. The highest BCUT2D eigenvalue weighted by atomic mass is 16.3. The Kier molecular flexibility index (Phi) is 8.44. The van der Waals surface area contributed by atoms with Gasteiger partial charge < -0.3 is 10.2 Å². The van der Waals surface area contributed by atoms with Crippen molar-refractivity contribution in [1.82, 2.24) is 0 Å². The minimum atomic E-state index is -0.603. The Bertz CT molecular complexity index is 712. The lowest BCUT2D eigenvalue weighted by atomic mass is 9.61. The summed E-state index contributed by atoms with van der Waals surface area (Å²) in [6.07, 6.45) is 19.7. The molecule has 31 heavy (non-hydrogen) atoms. The maximum atomic E-state index is 10.1. The second kappa shape index (κ2) is 10.7. The zero-order chi connectivity index (χ0) is 22.6. The first-order chi connectivity index (χ1) is 14.7. The molecule has 0 aromatic rings. The maximum absolute atomic E-state index is 10.1. The van der Waals surface area contributed by atoms with Crippen molar-refractivity contribution in [3.05, 3.63) is 47.6 Å². The molecule has 3 saturated carbocycles. The van der Waals surface area contributed by atoms with Crippen LogP contribution in [-0.2, 0) is 0 Å². The van der Waals surface area contributed by atoms with Gasteiger partial charge in [0.2, 0.25) is 0 Å². The van der Waals surface area contributed by atoms with Crippen LogP contribution in [0.15, 0.2) is 47.6 Å². The topological polar surface area (TPSA) is 40.5 Å². The zero-order valence-electron chi connectivity index (χ0n) is 20.4.